The zero-order valence-corrected chi connectivity index (χ0v) is 9.18. The van der Waals surface area contributed by atoms with Crippen LogP contribution in [0.1, 0.15) is 32.5 Å². The van der Waals surface area contributed by atoms with Crippen LogP contribution in [-0.4, -0.2) is 31.8 Å². The van der Waals surface area contributed by atoms with Crippen molar-refractivity contribution in [1.29, 1.82) is 0 Å². The van der Waals surface area contributed by atoms with Crippen LogP contribution in [0.25, 0.3) is 0 Å². The molecule has 0 saturated heterocycles. The summed E-state index contributed by atoms with van der Waals surface area (Å²) < 4.78 is 1.66. The highest BCUT2D eigenvalue weighted by molar-refractivity contribution is 5.84. The summed E-state index contributed by atoms with van der Waals surface area (Å²) in [5.41, 5.74) is 0. The van der Waals surface area contributed by atoms with E-state index in [9.17, 15) is 9.90 Å². The van der Waals surface area contributed by atoms with Crippen LogP contribution in [0.15, 0.2) is 6.33 Å². The number of rotatable bonds is 6. The number of aliphatic hydroxyl groups is 1. The van der Waals surface area contributed by atoms with Gasteiger partial charge in [0.1, 0.15) is 18.3 Å². The van der Waals surface area contributed by atoms with Gasteiger partial charge in [0, 0.05) is 6.54 Å². The Balaban J connectivity index is 2.58. The molecule has 0 aromatic carbocycles. The second-order valence-corrected chi connectivity index (χ2v) is 3.44. The highest BCUT2D eigenvalue weighted by Gasteiger charge is 2.16. The fourth-order valence-corrected chi connectivity index (χ4v) is 1.40. The minimum absolute atomic E-state index is 0.162. The predicted octanol–water partition coefficient (Wildman–Crippen LogP) is 0.571. The molecule has 15 heavy (non-hydrogen) atoms. The smallest absolute Gasteiger partial charge is 0.168 e. The van der Waals surface area contributed by atoms with Gasteiger partial charge in [-0.15, -0.1) is 0 Å². The Morgan fingerprint density at radius 2 is 2.33 bits per heavy atom. The standard InChI is InChI=1S/C10H17N3O2/c1-3-5-8(14)9(15)6-10-11-7-12-13(10)4-2/h7-8,14H,3-6H2,1-2H3. The lowest BCUT2D eigenvalue weighted by Crippen LogP contribution is -2.23. The Morgan fingerprint density at radius 1 is 1.60 bits per heavy atom. The second-order valence-electron chi connectivity index (χ2n) is 3.44. The van der Waals surface area contributed by atoms with Gasteiger partial charge < -0.3 is 5.11 Å². The number of nitrogens with zero attached hydrogens (tertiary/aromatic N) is 3. The van der Waals surface area contributed by atoms with Gasteiger partial charge in [-0.05, 0) is 13.3 Å². The van der Waals surface area contributed by atoms with Gasteiger partial charge in [-0.2, -0.15) is 5.10 Å². The lowest BCUT2D eigenvalue weighted by molar-refractivity contribution is -0.126. The highest BCUT2D eigenvalue weighted by atomic mass is 16.3. The number of Topliss-reactive ketones (excluding diaryl/α,β-unsaturated/α-hetero) is 1. The summed E-state index contributed by atoms with van der Waals surface area (Å²) in [5, 5.41) is 13.4. The van der Waals surface area contributed by atoms with Gasteiger partial charge in [-0.1, -0.05) is 13.3 Å². The number of carbonyl (C=O) groups is 1. The Bertz CT molecular complexity index is 322. The molecule has 5 heteroatoms. The normalized spacial score (nSPS) is 12.7. The van der Waals surface area contributed by atoms with E-state index in [-0.39, 0.29) is 12.2 Å². The molecule has 0 spiro atoms. The highest BCUT2D eigenvalue weighted by Crippen LogP contribution is 2.03. The van der Waals surface area contributed by atoms with Gasteiger partial charge in [0.25, 0.3) is 0 Å². The monoisotopic (exact) mass is 211 g/mol. The van der Waals surface area contributed by atoms with Crippen molar-refractivity contribution in [3.63, 3.8) is 0 Å². The van der Waals surface area contributed by atoms with E-state index in [1.165, 1.54) is 6.33 Å². The maximum absolute atomic E-state index is 11.5. The van der Waals surface area contributed by atoms with Crippen molar-refractivity contribution in [2.24, 2.45) is 0 Å². The molecule has 1 aromatic heterocycles. The first-order chi connectivity index (χ1) is 7.19. The van der Waals surface area contributed by atoms with Crippen LogP contribution in [0.2, 0.25) is 0 Å². The van der Waals surface area contributed by atoms with E-state index in [0.29, 0.717) is 18.8 Å². The van der Waals surface area contributed by atoms with Crippen LogP contribution in [0, 0.1) is 0 Å². The average Bonchev–Trinajstić information content (AvgIpc) is 2.65. The number of carbonyl (C=O) groups excluding carboxylic acids is 1. The molecule has 1 aromatic rings. The van der Waals surface area contributed by atoms with E-state index in [1.54, 1.807) is 4.68 Å². The molecule has 1 N–H and O–H groups in total. The van der Waals surface area contributed by atoms with E-state index >= 15 is 0 Å². The first kappa shape index (κ1) is 11.8. The van der Waals surface area contributed by atoms with Crippen LogP contribution < -0.4 is 0 Å². The van der Waals surface area contributed by atoms with Gasteiger partial charge in [0.2, 0.25) is 0 Å². The van der Waals surface area contributed by atoms with Crippen molar-refractivity contribution in [3.8, 4) is 0 Å². The molecular weight excluding hydrogens is 194 g/mol. The third-order valence-electron chi connectivity index (χ3n) is 2.26. The number of hydrogen-bond donors (Lipinski definition) is 1. The molecule has 1 unspecified atom stereocenters. The van der Waals surface area contributed by atoms with E-state index in [2.05, 4.69) is 10.1 Å². The number of aromatic nitrogens is 3. The topological polar surface area (TPSA) is 68.0 Å². The van der Waals surface area contributed by atoms with Gasteiger partial charge in [0.15, 0.2) is 5.78 Å². The van der Waals surface area contributed by atoms with Crippen molar-refractivity contribution in [3.05, 3.63) is 12.2 Å². The van der Waals surface area contributed by atoms with Crippen LogP contribution in [0.4, 0.5) is 0 Å². The average molecular weight is 211 g/mol. The van der Waals surface area contributed by atoms with Gasteiger partial charge in [0.05, 0.1) is 6.42 Å². The zero-order chi connectivity index (χ0) is 11.3. The fraction of sp³-hybridized carbons (Fsp3) is 0.700. The molecule has 0 aliphatic rings. The SMILES string of the molecule is CCCC(O)C(=O)Cc1ncnn1CC. The van der Waals surface area contributed by atoms with Crippen LogP contribution in [0.3, 0.4) is 0 Å². The molecule has 0 saturated carbocycles. The minimum atomic E-state index is -0.864. The molecule has 84 valence electrons. The number of ketones is 1. The lowest BCUT2D eigenvalue weighted by atomic mass is 10.1. The number of aryl methyl sites for hydroxylation is 1. The van der Waals surface area contributed by atoms with Gasteiger partial charge in [-0.25, -0.2) is 9.67 Å². The fourth-order valence-electron chi connectivity index (χ4n) is 1.40. The molecular formula is C10H17N3O2. The lowest BCUT2D eigenvalue weighted by Gasteiger charge is -2.07. The molecule has 1 heterocycles. The molecule has 1 atom stereocenters. The van der Waals surface area contributed by atoms with Crippen molar-refractivity contribution in [2.75, 3.05) is 0 Å². The van der Waals surface area contributed by atoms with E-state index in [0.717, 1.165) is 6.42 Å². The Kier molecular flexibility index (Phi) is 4.42. The summed E-state index contributed by atoms with van der Waals surface area (Å²) in [6.07, 6.45) is 2.04. The summed E-state index contributed by atoms with van der Waals surface area (Å²) in [4.78, 5) is 15.5. The molecule has 0 radical (unpaired) electrons. The zero-order valence-electron chi connectivity index (χ0n) is 9.18. The first-order valence-electron chi connectivity index (χ1n) is 5.26. The quantitative estimate of drug-likeness (QED) is 0.747. The van der Waals surface area contributed by atoms with Crippen molar-refractivity contribution in [2.45, 2.75) is 45.8 Å². The molecule has 0 fully saturated rings. The van der Waals surface area contributed by atoms with Crippen LogP contribution >= 0.6 is 0 Å². The van der Waals surface area contributed by atoms with Crippen LogP contribution in [0.5, 0.6) is 0 Å². The Labute approximate surface area is 89.1 Å². The third-order valence-corrected chi connectivity index (χ3v) is 2.26. The predicted molar refractivity (Wildman–Crippen MR) is 55.3 cm³/mol. The third kappa shape index (κ3) is 3.13. The summed E-state index contributed by atoms with van der Waals surface area (Å²) in [5.74, 6) is 0.442. The Morgan fingerprint density at radius 3 is 2.93 bits per heavy atom. The summed E-state index contributed by atoms with van der Waals surface area (Å²) in [7, 11) is 0. The molecule has 0 aliphatic carbocycles. The van der Waals surface area contributed by atoms with Crippen LogP contribution in [-0.2, 0) is 17.8 Å². The first-order valence-corrected chi connectivity index (χ1v) is 5.26. The molecule has 0 aliphatic heterocycles. The van der Waals surface area contributed by atoms with E-state index in [1.807, 2.05) is 13.8 Å². The van der Waals surface area contributed by atoms with Gasteiger partial charge in [-0.3, -0.25) is 4.79 Å². The largest absolute Gasteiger partial charge is 0.385 e. The molecule has 0 bridgehead atoms. The summed E-state index contributed by atoms with van der Waals surface area (Å²) in [6, 6.07) is 0. The summed E-state index contributed by atoms with van der Waals surface area (Å²) >= 11 is 0. The van der Waals surface area contributed by atoms with Gasteiger partial charge >= 0.3 is 0 Å². The van der Waals surface area contributed by atoms with Crippen molar-refractivity contribution >= 4 is 5.78 Å². The van der Waals surface area contributed by atoms with Crippen molar-refractivity contribution < 1.29 is 9.90 Å². The summed E-state index contributed by atoms with van der Waals surface area (Å²) in [6.45, 7) is 4.56. The van der Waals surface area contributed by atoms with E-state index < -0.39 is 6.10 Å². The Hall–Kier alpha value is -1.23. The maximum atomic E-state index is 11.5. The molecule has 1 rings (SSSR count). The second kappa shape index (κ2) is 5.60. The van der Waals surface area contributed by atoms with Crippen molar-refractivity contribution in [1.82, 2.24) is 14.8 Å². The maximum Gasteiger partial charge on any atom is 0.168 e. The molecule has 5 nitrogen and oxygen atoms in total. The van der Waals surface area contributed by atoms with E-state index in [4.69, 9.17) is 0 Å². The minimum Gasteiger partial charge on any atom is -0.385 e. The molecule has 0 amide bonds. The number of hydrogen-bond acceptors (Lipinski definition) is 4. The number of aliphatic hydroxyl groups excluding tert-OH is 1.